The number of aromatic nitrogens is 1. The van der Waals surface area contributed by atoms with Crippen LogP contribution in [0.3, 0.4) is 0 Å². The smallest absolute Gasteiger partial charge is 0.344 e. The summed E-state index contributed by atoms with van der Waals surface area (Å²) in [4.78, 5) is 16.4. The second-order valence-corrected chi connectivity index (χ2v) is 5.80. The Morgan fingerprint density at radius 2 is 1.84 bits per heavy atom. The molecule has 0 amide bonds. The summed E-state index contributed by atoms with van der Waals surface area (Å²) in [6, 6.07) is 15.5. The molecule has 0 radical (unpaired) electrons. The molecule has 1 N–H and O–H groups in total. The number of rotatable bonds is 4. The standard InChI is InChI=1S/C21H16N2O2/c1-2-7-23-18-4-3-15-10-17-12-19(14-5-8-22-9-6-14)21(24)25-20(17)13-16(15)11-18/h2-6,8-13,23H,1,7H2. The Balaban J connectivity index is 1.87. The second-order valence-electron chi connectivity index (χ2n) is 5.80. The predicted molar refractivity (Wildman–Crippen MR) is 102 cm³/mol. The molecule has 2 aromatic carbocycles. The minimum absolute atomic E-state index is 0.348. The molecule has 0 fully saturated rings. The molecule has 4 aromatic rings. The van der Waals surface area contributed by atoms with Gasteiger partial charge in [0.25, 0.3) is 0 Å². The van der Waals surface area contributed by atoms with Crippen LogP contribution < -0.4 is 10.9 Å². The molecule has 2 aromatic heterocycles. The van der Waals surface area contributed by atoms with Crippen LogP contribution in [0, 0.1) is 0 Å². The van der Waals surface area contributed by atoms with Gasteiger partial charge in [0.1, 0.15) is 5.58 Å². The minimum atomic E-state index is -0.348. The van der Waals surface area contributed by atoms with E-state index in [4.69, 9.17) is 4.42 Å². The van der Waals surface area contributed by atoms with E-state index in [-0.39, 0.29) is 5.63 Å². The Labute approximate surface area is 144 Å². The maximum atomic E-state index is 12.4. The van der Waals surface area contributed by atoms with Crippen LogP contribution in [0.25, 0.3) is 32.9 Å². The summed E-state index contributed by atoms with van der Waals surface area (Å²) in [6.45, 7) is 4.40. The highest BCUT2D eigenvalue weighted by atomic mass is 16.4. The van der Waals surface area contributed by atoms with Gasteiger partial charge < -0.3 is 9.73 Å². The summed E-state index contributed by atoms with van der Waals surface area (Å²) in [7, 11) is 0. The number of nitrogens with zero attached hydrogens (tertiary/aromatic N) is 1. The van der Waals surface area contributed by atoms with Crippen LogP contribution in [0.5, 0.6) is 0 Å². The molecule has 0 aliphatic rings. The van der Waals surface area contributed by atoms with Crippen molar-refractivity contribution >= 4 is 27.4 Å². The van der Waals surface area contributed by atoms with Crippen molar-refractivity contribution in [3.05, 3.63) is 84.0 Å². The molecule has 4 rings (SSSR count). The van der Waals surface area contributed by atoms with Crippen molar-refractivity contribution in [3.8, 4) is 11.1 Å². The van der Waals surface area contributed by atoms with E-state index in [2.05, 4.69) is 22.9 Å². The highest BCUT2D eigenvalue weighted by Gasteiger charge is 2.09. The van der Waals surface area contributed by atoms with Crippen LogP contribution in [0.1, 0.15) is 0 Å². The van der Waals surface area contributed by atoms with Gasteiger partial charge in [0.2, 0.25) is 0 Å². The third kappa shape index (κ3) is 2.90. The zero-order valence-electron chi connectivity index (χ0n) is 13.5. The van der Waals surface area contributed by atoms with Gasteiger partial charge in [-0.2, -0.15) is 0 Å². The van der Waals surface area contributed by atoms with E-state index in [1.807, 2.05) is 36.4 Å². The number of benzene rings is 2. The third-order valence-electron chi connectivity index (χ3n) is 4.13. The van der Waals surface area contributed by atoms with Gasteiger partial charge in [-0.15, -0.1) is 6.58 Å². The van der Waals surface area contributed by atoms with E-state index in [0.29, 0.717) is 17.7 Å². The first-order valence-corrected chi connectivity index (χ1v) is 8.01. The molecule has 0 spiro atoms. The number of hydrogen-bond donors (Lipinski definition) is 1. The van der Waals surface area contributed by atoms with Crippen molar-refractivity contribution in [3.63, 3.8) is 0 Å². The molecular formula is C21H16N2O2. The van der Waals surface area contributed by atoms with Crippen LogP contribution in [-0.4, -0.2) is 11.5 Å². The Morgan fingerprint density at radius 1 is 1.00 bits per heavy atom. The van der Waals surface area contributed by atoms with Crippen molar-refractivity contribution in [2.45, 2.75) is 0 Å². The molecule has 0 saturated carbocycles. The first-order valence-electron chi connectivity index (χ1n) is 8.01. The minimum Gasteiger partial charge on any atom is -0.422 e. The summed E-state index contributed by atoms with van der Waals surface area (Å²) < 4.78 is 5.56. The maximum absolute atomic E-state index is 12.4. The van der Waals surface area contributed by atoms with E-state index in [1.165, 1.54) is 0 Å². The van der Waals surface area contributed by atoms with Gasteiger partial charge in [-0.25, -0.2) is 4.79 Å². The Morgan fingerprint density at radius 3 is 2.64 bits per heavy atom. The van der Waals surface area contributed by atoms with Crippen LogP contribution in [0.4, 0.5) is 5.69 Å². The molecular weight excluding hydrogens is 312 g/mol. The fourth-order valence-electron chi connectivity index (χ4n) is 2.90. The lowest BCUT2D eigenvalue weighted by Crippen LogP contribution is -2.02. The molecule has 0 atom stereocenters. The fraction of sp³-hybridized carbons (Fsp3) is 0.0476. The molecule has 122 valence electrons. The molecule has 0 unspecified atom stereocenters. The van der Waals surface area contributed by atoms with E-state index in [9.17, 15) is 4.79 Å². The molecule has 0 bridgehead atoms. The quantitative estimate of drug-likeness (QED) is 0.338. The average molecular weight is 328 g/mol. The van der Waals surface area contributed by atoms with Gasteiger partial charge in [0.05, 0.1) is 5.56 Å². The molecule has 0 aliphatic carbocycles. The second kappa shape index (κ2) is 6.24. The van der Waals surface area contributed by atoms with Crippen molar-refractivity contribution in [2.75, 3.05) is 11.9 Å². The molecule has 2 heterocycles. The number of hydrogen-bond acceptors (Lipinski definition) is 4. The van der Waals surface area contributed by atoms with Crippen LogP contribution >= 0.6 is 0 Å². The lowest BCUT2D eigenvalue weighted by molar-refractivity contribution is 0.564. The number of fused-ring (bicyclic) bond motifs is 2. The lowest BCUT2D eigenvalue weighted by atomic mass is 10.0. The Kier molecular flexibility index (Phi) is 3.78. The van der Waals surface area contributed by atoms with Gasteiger partial charge >= 0.3 is 5.63 Å². The van der Waals surface area contributed by atoms with Crippen molar-refractivity contribution in [2.24, 2.45) is 0 Å². The molecule has 0 aliphatic heterocycles. The SMILES string of the molecule is C=CCNc1ccc2cc3cc(-c4ccncc4)c(=O)oc3cc2c1. The van der Waals surface area contributed by atoms with Crippen molar-refractivity contribution in [1.29, 1.82) is 0 Å². The van der Waals surface area contributed by atoms with Gasteiger partial charge in [-0.1, -0.05) is 12.1 Å². The van der Waals surface area contributed by atoms with Crippen LogP contribution in [0.15, 0.2) is 82.8 Å². The van der Waals surface area contributed by atoms with E-state index < -0.39 is 0 Å². The first-order chi connectivity index (χ1) is 12.2. The zero-order chi connectivity index (χ0) is 17.2. The molecule has 0 saturated heterocycles. The summed E-state index contributed by atoms with van der Waals surface area (Å²) >= 11 is 0. The lowest BCUT2D eigenvalue weighted by Gasteiger charge is -2.07. The highest BCUT2D eigenvalue weighted by Crippen LogP contribution is 2.27. The monoisotopic (exact) mass is 328 g/mol. The highest BCUT2D eigenvalue weighted by molar-refractivity contribution is 5.98. The third-order valence-corrected chi connectivity index (χ3v) is 4.13. The van der Waals surface area contributed by atoms with E-state index in [1.54, 1.807) is 24.5 Å². The zero-order valence-corrected chi connectivity index (χ0v) is 13.5. The first kappa shape index (κ1) is 15.1. The Hall–Kier alpha value is -3.40. The van der Waals surface area contributed by atoms with Crippen molar-refractivity contribution in [1.82, 2.24) is 4.98 Å². The normalized spacial score (nSPS) is 10.9. The van der Waals surface area contributed by atoms with Gasteiger partial charge in [0.15, 0.2) is 0 Å². The van der Waals surface area contributed by atoms with Crippen molar-refractivity contribution < 1.29 is 4.42 Å². The Bertz CT molecular complexity index is 1130. The van der Waals surface area contributed by atoms with Crippen LogP contribution in [-0.2, 0) is 0 Å². The number of pyridine rings is 1. The topological polar surface area (TPSA) is 55.1 Å². The molecule has 25 heavy (non-hydrogen) atoms. The van der Waals surface area contributed by atoms with Gasteiger partial charge in [-0.3, -0.25) is 4.98 Å². The van der Waals surface area contributed by atoms with Crippen LogP contribution in [0.2, 0.25) is 0 Å². The van der Waals surface area contributed by atoms with E-state index in [0.717, 1.165) is 27.4 Å². The average Bonchev–Trinajstić information content (AvgIpc) is 2.65. The van der Waals surface area contributed by atoms with Gasteiger partial charge in [0, 0.05) is 30.0 Å². The van der Waals surface area contributed by atoms with E-state index >= 15 is 0 Å². The predicted octanol–water partition coefficient (Wildman–Crippen LogP) is 4.61. The summed E-state index contributed by atoms with van der Waals surface area (Å²) in [5, 5.41) is 6.26. The largest absolute Gasteiger partial charge is 0.422 e. The molecule has 4 heteroatoms. The summed E-state index contributed by atoms with van der Waals surface area (Å²) in [6.07, 6.45) is 5.14. The fourth-order valence-corrected chi connectivity index (χ4v) is 2.90. The summed E-state index contributed by atoms with van der Waals surface area (Å²) in [5.74, 6) is 0. The van der Waals surface area contributed by atoms with Gasteiger partial charge in [-0.05, 0) is 58.8 Å². The number of anilines is 1. The maximum Gasteiger partial charge on any atom is 0.344 e. The molecule has 4 nitrogen and oxygen atoms in total. The number of nitrogens with one attached hydrogen (secondary N) is 1. The summed E-state index contributed by atoms with van der Waals surface area (Å²) in [5.41, 5.74) is 2.57.